The molecule has 2 aliphatic rings. The van der Waals surface area contributed by atoms with Gasteiger partial charge in [-0.1, -0.05) is 54.1 Å². The molecule has 0 saturated carbocycles. The largest absolute Gasteiger partial charge is 0.462 e. The molecule has 1 aliphatic heterocycles. The lowest BCUT2D eigenvalue weighted by Crippen LogP contribution is -2.29. The van der Waals surface area contributed by atoms with Gasteiger partial charge in [-0.3, -0.25) is 14.5 Å². The number of halogens is 1. The van der Waals surface area contributed by atoms with Crippen LogP contribution < -0.4 is 5.32 Å². The number of fused-ring (bicyclic) bond motifs is 1. The topological polar surface area (TPSA) is 75.7 Å². The van der Waals surface area contributed by atoms with E-state index in [1.54, 1.807) is 24.0 Å². The summed E-state index contributed by atoms with van der Waals surface area (Å²) in [6.07, 6.45) is 8.32. The van der Waals surface area contributed by atoms with Crippen LogP contribution in [0.1, 0.15) is 71.8 Å². The van der Waals surface area contributed by atoms with Gasteiger partial charge in [0.1, 0.15) is 9.32 Å². The number of unbranched alkanes of at least 4 members (excludes halogenated alkanes) is 2. The number of esters is 1. The number of benzene rings is 1. The summed E-state index contributed by atoms with van der Waals surface area (Å²) in [4.78, 5) is 41.4. The Balaban J connectivity index is 1.25. The average Bonchev–Trinajstić information content (AvgIpc) is 3.36. The first-order valence-electron chi connectivity index (χ1n) is 12.5. The molecule has 10 heteroatoms. The van der Waals surface area contributed by atoms with Gasteiger partial charge >= 0.3 is 5.97 Å². The van der Waals surface area contributed by atoms with E-state index in [9.17, 15) is 14.4 Å². The Labute approximate surface area is 235 Å². The Bertz CT molecular complexity index is 1220. The van der Waals surface area contributed by atoms with Crippen LogP contribution in [0.5, 0.6) is 0 Å². The molecule has 196 valence electrons. The first-order chi connectivity index (χ1) is 17.9. The maximum atomic E-state index is 12.8. The van der Waals surface area contributed by atoms with Crippen molar-refractivity contribution in [2.45, 2.75) is 58.3 Å². The summed E-state index contributed by atoms with van der Waals surface area (Å²) in [5.74, 6) is -0.553. The van der Waals surface area contributed by atoms with Gasteiger partial charge in [0.05, 0.1) is 17.1 Å². The number of ether oxygens (including phenoxy) is 1. The zero-order valence-electron chi connectivity index (χ0n) is 20.6. The Morgan fingerprint density at radius 3 is 2.68 bits per heavy atom. The molecule has 1 aromatic carbocycles. The van der Waals surface area contributed by atoms with E-state index >= 15 is 0 Å². The molecule has 0 bridgehead atoms. The third-order valence-electron chi connectivity index (χ3n) is 6.23. The highest BCUT2D eigenvalue weighted by Gasteiger charge is 2.31. The molecule has 1 N–H and O–H groups in total. The van der Waals surface area contributed by atoms with E-state index in [1.807, 2.05) is 18.2 Å². The summed E-state index contributed by atoms with van der Waals surface area (Å²) in [6, 6.07) is 7.30. The highest BCUT2D eigenvalue weighted by Crippen LogP contribution is 2.39. The molecule has 4 rings (SSSR count). The normalized spacial score (nSPS) is 16.3. The lowest BCUT2D eigenvalue weighted by atomic mass is 9.95. The van der Waals surface area contributed by atoms with Gasteiger partial charge in [0.25, 0.3) is 5.91 Å². The number of rotatable bonds is 10. The number of nitrogens with zero attached hydrogens (tertiary/aromatic N) is 1. The summed E-state index contributed by atoms with van der Waals surface area (Å²) in [5.41, 5.74) is 2.48. The summed E-state index contributed by atoms with van der Waals surface area (Å²) in [5, 5.41) is 4.22. The summed E-state index contributed by atoms with van der Waals surface area (Å²) >= 11 is 14.2. The fourth-order valence-corrected chi connectivity index (χ4v) is 7.13. The maximum Gasteiger partial charge on any atom is 0.341 e. The van der Waals surface area contributed by atoms with Crippen LogP contribution in [0.4, 0.5) is 5.00 Å². The molecular weight excluding hydrogens is 548 g/mol. The average molecular weight is 577 g/mol. The van der Waals surface area contributed by atoms with Gasteiger partial charge in [0, 0.05) is 22.9 Å². The van der Waals surface area contributed by atoms with Gasteiger partial charge in [-0.15, -0.1) is 11.3 Å². The number of aryl methyl sites for hydroxylation is 1. The number of thiocarbonyl (C=S) groups is 1. The lowest BCUT2D eigenvalue weighted by Gasteiger charge is -2.14. The minimum Gasteiger partial charge on any atom is -0.462 e. The molecule has 0 atom stereocenters. The molecule has 2 heterocycles. The number of hydrogen-bond donors (Lipinski definition) is 1. The van der Waals surface area contributed by atoms with Gasteiger partial charge in [-0.05, 0) is 74.8 Å². The third kappa shape index (κ3) is 7.02. The van der Waals surface area contributed by atoms with Crippen molar-refractivity contribution in [3.63, 3.8) is 0 Å². The Morgan fingerprint density at radius 1 is 1.16 bits per heavy atom. The van der Waals surface area contributed by atoms with Gasteiger partial charge in [0.2, 0.25) is 5.91 Å². The van der Waals surface area contributed by atoms with E-state index in [4.69, 9.17) is 28.6 Å². The van der Waals surface area contributed by atoms with Gasteiger partial charge in [-0.25, -0.2) is 4.79 Å². The number of amides is 2. The molecule has 0 spiro atoms. The van der Waals surface area contributed by atoms with Crippen molar-refractivity contribution in [2.75, 3.05) is 18.5 Å². The second kappa shape index (κ2) is 13.0. The predicted molar refractivity (Wildman–Crippen MR) is 155 cm³/mol. The van der Waals surface area contributed by atoms with Crippen molar-refractivity contribution >= 4 is 80.1 Å². The molecule has 1 fully saturated rings. The summed E-state index contributed by atoms with van der Waals surface area (Å²) < 4.78 is 5.81. The van der Waals surface area contributed by atoms with Crippen molar-refractivity contribution in [1.29, 1.82) is 0 Å². The smallest absolute Gasteiger partial charge is 0.341 e. The molecule has 37 heavy (non-hydrogen) atoms. The summed E-state index contributed by atoms with van der Waals surface area (Å²) in [7, 11) is 0. The minimum absolute atomic E-state index is 0.0872. The van der Waals surface area contributed by atoms with E-state index < -0.39 is 0 Å². The molecule has 1 aromatic heterocycles. The molecule has 2 aromatic rings. The first-order valence-corrected chi connectivity index (χ1v) is 14.9. The number of thiophene rings is 1. The van der Waals surface area contributed by atoms with E-state index in [0.29, 0.717) is 50.8 Å². The number of nitrogens with one attached hydrogen (secondary N) is 1. The molecule has 0 unspecified atom stereocenters. The molecule has 2 amide bonds. The van der Waals surface area contributed by atoms with Gasteiger partial charge in [0.15, 0.2) is 0 Å². The van der Waals surface area contributed by atoms with E-state index in [2.05, 4.69) is 5.32 Å². The zero-order chi connectivity index (χ0) is 26.4. The number of thioether (sulfide) groups is 1. The van der Waals surface area contributed by atoms with Crippen LogP contribution in [0.2, 0.25) is 5.02 Å². The fraction of sp³-hybridized carbons (Fsp3) is 0.407. The van der Waals surface area contributed by atoms with Crippen LogP contribution in [-0.2, 0) is 27.2 Å². The number of hydrogen-bond acceptors (Lipinski definition) is 7. The first kappa shape index (κ1) is 27.8. The molecule has 1 aliphatic carbocycles. The van der Waals surface area contributed by atoms with Crippen LogP contribution >= 0.6 is 46.9 Å². The molecule has 0 radical (unpaired) electrons. The number of carbonyl (C=O) groups excluding carboxylic acids is 3. The highest BCUT2D eigenvalue weighted by molar-refractivity contribution is 8.26. The van der Waals surface area contributed by atoms with Crippen LogP contribution in [0.25, 0.3) is 6.08 Å². The second-order valence-corrected chi connectivity index (χ2v) is 12.1. The molecule has 1 saturated heterocycles. The Hall–Kier alpha value is -2.20. The Morgan fingerprint density at radius 2 is 1.92 bits per heavy atom. The Kier molecular flexibility index (Phi) is 9.81. The van der Waals surface area contributed by atoms with Crippen LogP contribution in [-0.4, -0.2) is 40.2 Å². The zero-order valence-corrected chi connectivity index (χ0v) is 23.8. The fourth-order valence-electron chi connectivity index (χ4n) is 4.40. The van der Waals surface area contributed by atoms with E-state index in [0.717, 1.165) is 49.7 Å². The SMILES string of the molecule is CCOC(=O)c1c(NC(=O)CCCCCN2C(=O)C(=Cc3ccc(Cl)cc3)SC2=S)sc2c1CCCC2. The van der Waals surface area contributed by atoms with Crippen LogP contribution in [0.3, 0.4) is 0 Å². The lowest BCUT2D eigenvalue weighted by molar-refractivity contribution is -0.122. The van der Waals surface area contributed by atoms with E-state index in [1.165, 1.54) is 28.0 Å². The van der Waals surface area contributed by atoms with E-state index in [-0.39, 0.29) is 17.8 Å². The quantitative estimate of drug-likeness (QED) is 0.144. The van der Waals surface area contributed by atoms with Crippen LogP contribution in [0, 0.1) is 0 Å². The van der Waals surface area contributed by atoms with Crippen molar-refractivity contribution in [1.82, 2.24) is 4.90 Å². The van der Waals surface area contributed by atoms with Crippen molar-refractivity contribution in [3.8, 4) is 0 Å². The van der Waals surface area contributed by atoms with Gasteiger partial charge < -0.3 is 10.1 Å². The standard InChI is InChI=1S/C27H29ClN2O4S3/c1-2-34-26(33)23-19-8-5-6-9-20(19)36-24(23)29-22(31)10-4-3-7-15-30-25(32)21(37-27(30)35)16-17-11-13-18(28)14-12-17/h11-14,16H,2-10,15H2,1H3,(H,29,31). The molecule has 6 nitrogen and oxygen atoms in total. The van der Waals surface area contributed by atoms with Crippen molar-refractivity contribution in [3.05, 3.63) is 55.8 Å². The number of carbonyl (C=O) groups is 3. The number of anilines is 1. The van der Waals surface area contributed by atoms with Crippen molar-refractivity contribution in [2.24, 2.45) is 0 Å². The third-order valence-corrected chi connectivity index (χ3v) is 9.07. The molecular formula is C27H29ClN2O4S3. The van der Waals surface area contributed by atoms with Crippen LogP contribution in [0.15, 0.2) is 29.2 Å². The summed E-state index contributed by atoms with van der Waals surface area (Å²) in [6.45, 7) is 2.61. The maximum absolute atomic E-state index is 12.8. The highest BCUT2D eigenvalue weighted by atomic mass is 35.5. The predicted octanol–water partition coefficient (Wildman–Crippen LogP) is 6.86. The second-order valence-electron chi connectivity index (χ2n) is 8.88. The van der Waals surface area contributed by atoms with Crippen molar-refractivity contribution < 1.29 is 19.1 Å². The monoisotopic (exact) mass is 576 g/mol. The van der Waals surface area contributed by atoms with Gasteiger partial charge in [-0.2, -0.15) is 0 Å². The minimum atomic E-state index is -0.356.